The van der Waals surface area contributed by atoms with Gasteiger partial charge in [-0.2, -0.15) is 0 Å². The molecule has 0 heterocycles. The van der Waals surface area contributed by atoms with Gasteiger partial charge in [-0.1, -0.05) is 38.5 Å². The van der Waals surface area contributed by atoms with E-state index in [2.05, 4.69) is 5.32 Å². The molecule has 0 saturated heterocycles. The molecule has 0 spiro atoms. The van der Waals surface area contributed by atoms with Gasteiger partial charge in [-0.3, -0.25) is 4.79 Å². The van der Waals surface area contributed by atoms with Crippen LogP contribution in [0.3, 0.4) is 0 Å². The minimum Gasteiger partial charge on any atom is -0.455 e. The van der Waals surface area contributed by atoms with Crippen molar-refractivity contribution < 1.29 is 18.7 Å². The first kappa shape index (κ1) is 17.1. The fourth-order valence-electron chi connectivity index (χ4n) is 1.92. The zero-order valence-corrected chi connectivity index (χ0v) is 12.7. The van der Waals surface area contributed by atoms with Crippen molar-refractivity contribution in [3.8, 4) is 0 Å². The molecule has 21 heavy (non-hydrogen) atoms. The first-order valence-corrected chi connectivity index (χ1v) is 7.17. The van der Waals surface area contributed by atoms with Crippen LogP contribution in [-0.2, 0) is 20.9 Å². The summed E-state index contributed by atoms with van der Waals surface area (Å²) < 4.78 is 18.5. The van der Waals surface area contributed by atoms with Crippen LogP contribution in [0.2, 0.25) is 0 Å². The quantitative estimate of drug-likeness (QED) is 0.648. The van der Waals surface area contributed by atoms with Gasteiger partial charge in [0.15, 0.2) is 0 Å². The summed E-state index contributed by atoms with van der Waals surface area (Å²) in [6.07, 6.45) is 1.59. The molecule has 5 heteroatoms. The van der Waals surface area contributed by atoms with Crippen LogP contribution >= 0.6 is 0 Å². The number of hydrogen-bond acceptors (Lipinski definition) is 3. The molecule has 2 atom stereocenters. The average Bonchev–Trinajstić information content (AvgIpc) is 2.46. The fraction of sp³-hybridized carbons (Fsp3) is 0.500. The fourth-order valence-corrected chi connectivity index (χ4v) is 1.92. The third-order valence-electron chi connectivity index (χ3n) is 3.42. The molecule has 1 unspecified atom stereocenters. The van der Waals surface area contributed by atoms with E-state index in [4.69, 9.17) is 4.74 Å². The van der Waals surface area contributed by atoms with E-state index in [0.717, 1.165) is 12.8 Å². The summed E-state index contributed by atoms with van der Waals surface area (Å²) in [5.74, 6) is -2.01. The lowest BCUT2D eigenvalue weighted by atomic mass is 10.0. The Kier molecular flexibility index (Phi) is 6.85. The van der Waals surface area contributed by atoms with Gasteiger partial charge in [0.1, 0.15) is 11.9 Å². The summed E-state index contributed by atoms with van der Waals surface area (Å²) >= 11 is 0. The standard InChI is InChI=1S/C16H22FNO3/c1-4-7-11(2)12(3)21-16(20)15(19)18-10-13-8-5-6-9-14(13)17/h5-6,8-9,11-12H,4,7,10H2,1-3H3,(H,18,19)/t11?,12-/m1/s1. The number of benzene rings is 1. The summed E-state index contributed by atoms with van der Waals surface area (Å²) in [5, 5.41) is 2.36. The van der Waals surface area contributed by atoms with E-state index >= 15 is 0 Å². The van der Waals surface area contributed by atoms with Gasteiger partial charge < -0.3 is 10.1 Å². The number of nitrogens with one attached hydrogen (secondary N) is 1. The Labute approximate surface area is 124 Å². The molecule has 0 bridgehead atoms. The van der Waals surface area contributed by atoms with Crippen molar-refractivity contribution in [2.75, 3.05) is 0 Å². The maximum atomic E-state index is 13.4. The molecule has 1 rings (SSSR count). The van der Waals surface area contributed by atoms with Crippen molar-refractivity contribution >= 4 is 11.9 Å². The van der Waals surface area contributed by atoms with Gasteiger partial charge in [-0.25, -0.2) is 9.18 Å². The van der Waals surface area contributed by atoms with Gasteiger partial charge in [0, 0.05) is 12.1 Å². The van der Waals surface area contributed by atoms with Crippen LogP contribution in [0.25, 0.3) is 0 Å². The number of ether oxygens (including phenoxy) is 1. The molecular weight excluding hydrogens is 273 g/mol. The van der Waals surface area contributed by atoms with E-state index in [0.29, 0.717) is 5.56 Å². The Morgan fingerprint density at radius 2 is 1.95 bits per heavy atom. The predicted octanol–water partition coefficient (Wildman–Crippen LogP) is 2.81. The van der Waals surface area contributed by atoms with Crippen molar-refractivity contribution in [3.63, 3.8) is 0 Å². The third kappa shape index (κ3) is 5.53. The van der Waals surface area contributed by atoms with Crippen molar-refractivity contribution in [3.05, 3.63) is 35.6 Å². The van der Waals surface area contributed by atoms with Crippen molar-refractivity contribution in [2.45, 2.75) is 46.3 Å². The Morgan fingerprint density at radius 3 is 2.57 bits per heavy atom. The summed E-state index contributed by atoms with van der Waals surface area (Å²) in [6, 6.07) is 6.07. The van der Waals surface area contributed by atoms with Crippen molar-refractivity contribution in [2.24, 2.45) is 5.92 Å². The van der Waals surface area contributed by atoms with E-state index in [1.807, 2.05) is 13.8 Å². The lowest BCUT2D eigenvalue weighted by molar-refractivity contribution is -0.160. The van der Waals surface area contributed by atoms with Crippen LogP contribution < -0.4 is 5.32 Å². The van der Waals surface area contributed by atoms with E-state index in [1.165, 1.54) is 6.07 Å². The first-order valence-electron chi connectivity index (χ1n) is 7.17. The summed E-state index contributed by atoms with van der Waals surface area (Å²) in [4.78, 5) is 23.3. The number of rotatable bonds is 6. The molecule has 1 N–H and O–H groups in total. The van der Waals surface area contributed by atoms with Crippen molar-refractivity contribution in [1.82, 2.24) is 5.32 Å². The molecule has 1 amide bonds. The number of hydrogen-bond donors (Lipinski definition) is 1. The third-order valence-corrected chi connectivity index (χ3v) is 3.42. The second-order valence-corrected chi connectivity index (χ2v) is 5.15. The van der Waals surface area contributed by atoms with Crippen LogP contribution in [0.5, 0.6) is 0 Å². The van der Waals surface area contributed by atoms with Crippen molar-refractivity contribution in [1.29, 1.82) is 0 Å². The summed E-state index contributed by atoms with van der Waals surface area (Å²) in [6.45, 7) is 5.74. The predicted molar refractivity (Wildman–Crippen MR) is 77.9 cm³/mol. The minimum absolute atomic E-state index is 0.0422. The summed E-state index contributed by atoms with van der Waals surface area (Å²) in [5.41, 5.74) is 0.325. The SMILES string of the molecule is CCCC(C)[C@@H](C)OC(=O)C(=O)NCc1ccccc1F. The molecule has 0 aliphatic carbocycles. The second kappa shape index (κ2) is 8.39. The lowest BCUT2D eigenvalue weighted by Crippen LogP contribution is -2.35. The number of carbonyl (C=O) groups is 2. The zero-order valence-electron chi connectivity index (χ0n) is 12.7. The molecule has 0 radical (unpaired) electrons. The molecule has 1 aromatic rings. The van der Waals surface area contributed by atoms with Gasteiger partial charge >= 0.3 is 11.9 Å². The van der Waals surface area contributed by atoms with Crippen LogP contribution in [0, 0.1) is 11.7 Å². The van der Waals surface area contributed by atoms with E-state index < -0.39 is 17.7 Å². The zero-order chi connectivity index (χ0) is 15.8. The highest BCUT2D eigenvalue weighted by Crippen LogP contribution is 2.13. The number of carbonyl (C=O) groups excluding carboxylic acids is 2. The highest BCUT2D eigenvalue weighted by molar-refractivity contribution is 6.32. The van der Waals surface area contributed by atoms with Crippen LogP contribution in [-0.4, -0.2) is 18.0 Å². The van der Waals surface area contributed by atoms with Crippen LogP contribution in [0.4, 0.5) is 4.39 Å². The number of esters is 1. The van der Waals surface area contributed by atoms with Crippen LogP contribution in [0.15, 0.2) is 24.3 Å². The number of amides is 1. The topological polar surface area (TPSA) is 55.4 Å². The normalized spacial score (nSPS) is 13.3. The molecule has 0 saturated carbocycles. The average molecular weight is 295 g/mol. The molecule has 0 aromatic heterocycles. The molecule has 4 nitrogen and oxygen atoms in total. The van der Waals surface area contributed by atoms with Gasteiger partial charge in [0.25, 0.3) is 0 Å². The Balaban J connectivity index is 2.45. The molecular formula is C16H22FNO3. The highest BCUT2D eigenvalue weighted by Gasteiger charge is 2.21. The molecule has 116 valence electrons. The lowest BCUT2D eigenvalue weighted by Gasteiger charge is -2.19. The largest absolute Gasteiger partial charge is 0.455 e. The van der Waals surface area contributed by atoms with Gasteiger partial charge in [0.2, 0.25) is 0 Å². The van der Waals surface area contributed by atoms with E-state index in [9.17, 15) is 14.0 Å². The van der Waals surface area contributed by atoms with Gasteiger partial charge in [-0.15, -0.1) is 0 Å². The Bertz CT molecular complexity index is 490. The highest BCUT2D eigenvalue weighted by atomic mass is 19.1. The van der Waals surface area contributed by atoms with Crippen LogP contribution in [0.1, 0.15) is 39.2 Å². The number of halogens is 1. The monoisotopic (exact) mass is 295 g/mol. The first-order chi connectivity index (χ1) is 9.95. The van der Waals surface area contributed by atoms with E-state index in [-0.39, 0.29) is 18.6 Å². The minimum atomic E-state index is -0.929. The Morgan fingerprint density at radius 1 is 1.29 bits per heavy atom. The molecule has 1 aromatic carbocycles. The van der Waals surface area contributed by atoms with Gasteiger partial charge in [0.05, 0.1) is 0 Å². The second-order valence-electron chi connectivity index (χ2n) is 5.15. The summed E-state index contributed by atoms with van der Waals surface area (Å²) in [7, 11) is 0. The molecule has 0 fully saturated rings. The maximum Gasteiger partial charge on any atom is 0.397 e. The molecule has 0 aliphatic rings. The maximum absolute atomic E-state index is 13.4. The van der Waals surface area contributed by atoms with Gasteiger partial charge in [-0.05, 0) is 25.3 Å². The van der Waals surface area contributed by atoms with E-state index in [1.54, 1.807) is 25.1 Å². The molecule has 0 aliphatic heterocycles. The smallest absolute Gasteiger partial charge is 0.397 e. The Hall–Kier alpha value is -1.91.